The van der Waals surface area contributed by atoms with Gasteiger partial charge in [-0.1, -0.05) is 13.3 Å². The summed E-state index contributed by atoms with van der Waals surface area (Å²) in [6.07, 6.45) is 5.30. The van der Waals surface area contributed by atoms with Gasteiger partial charge in [-0.2, -0.15) is 0 Å². The van der Waals surface area contributed by atoms with E-state index in [0.29, 0.717) is 6.04 Å². The van der Waals surface area contributed by atoms with Crippen molar-refractivity contribution in [1.29, 1.82) is 0 Å². The molecule has 1 fully saturated rings. The molecule has 0 aromatic carbocycles. The number of rotatable bonds is 4. The van der Waals surface area contributed by atoms with Crippen molar-refractivity contribution < 1.29 is 0 Å². The second kappa shape index (κ2) is 4.73. The summed E-state index contributed by atoms with van der Waals surface area (Å²) in [6.45, 7) is 5.64. The molecule has 1 rings (SSSR count). The lowest BCUT2D eigenvalue weighted by Gasteiger charge is -2.22. The summed E-state index contributed by atoms with van der Waals surface area (Å²) >= 11 is 0. The number of hydrogen-bond acceptors (Lipinski definition) is 2. The molecule has 2 nitrogen and oxygen atoms in total. The molecule has 0 amide bonds. The van der Waals surface area contributed by atoms with Crippen LogP contribution in [0.1, 0.15) is 32.6 Å². The van der Waals surface area contributed by atoms with E-state index in [0.717, 1.165) is 6.54 Å². The van der Waals surface area contributed by atoms with Gasteiger partial charge in [0.25, 0.3) is 0 Å². The summed E-state index contributed by atoms with van der Waals surface area (Å²) in [4.78, 5) is 2.55. The molecule has 1 heterocycles. The predicted molar refractivity (Wildman–Crippen MR) is 48.6 cm³/mol. The predicted octanol–water partition coefficient (Wildman–Crippen LogP) is 1.21. The summed E-state index contributed by atoms with van der Waals surface area (Å²) in [5.74, 6) is 0. The lowest BCUT2D eigenvalue weighted by Crippen LogP contribution is -2.35. The Bertz CT molecular complexity index is 104. The van der Waals surface area contributed by atoms with Crippen molar-refractivity contribution >= 4 is 0 Å². The number of likely N-dealkylation sites (tertiary alicyclic amines) is 1. The van der Waals surface area contributed by atoms with Crippen LogP contribution in [-0.4, -0.2) is 30.6 Å². The average molecular weight is 156 g/mol. The minimum Gasteiger partial charge on any atom is -0.329 e. The van der Waals surface area contributed by atoms with E-state index in [1.165, 1.54) is 38.8 Å². The summed E-state index contributed by atoms with van der Waals surface area (Å²) < 4.78 is 0. The molecule has 0 unspecified atom stereocenters. The van der Waals surface area contributed by atoms with E-state index in [-0.39, 0.29) is 0 Å². The van der Waals surface area contributed by atoms with E-state index in [4.69, 9.17) is 5.73 Å². The molecule has 11 heavy (non-hydrogen) atoms. The molecule has 66 valence electrons. The van der Waals surface area contributed by atoms with Crippen LogP contribution < -0.4 is 5.73 Å². The third kappa shape index (κ3) is 2.46. The Labute approximate surface area is 69.8 Å². The van der Waals surface area contributed by atoms with Gasteiger partial charge in [0.2, 0.25) is 0 Å². The molecule has 1 atom stereocenters. The fraction of sp³-hybridized carbons (Fsp3) is 1.00. The highest BCUT2D eigenvalue weighted by atomic mass is 15.2. The van der Waals surface area contributed by atoms with Crippen LogP contribution in [0.2, 0.25) is 0 Å². The van der Waals surface area contributed by atoms with Crippen molar-refractivity contribution in [1.82, 2.24) is 4.90 Å². The minimum absolute atomic E-state index is 0.696. The standard InChI is InChI=1S/C9H20N2/c1-2-3-6-11-7-4-5-9(11)8-10/h9H,2-8,10H2,1H3/t9-/m0/s1. The zero-order chi connectivity index (χ0) is 8.10. The van der Waals surface area contributed by atoms with Crippen molar-refractivity contribution in [2.45, 2.75) is 38.6 Å². The normalized spacial score (nSPS) is 26.2. The summed E-state index contributed by atoms with van der Waals surface area (Å²) in [5.41, 5.74) is 5.65. The third-order valence-electron chi connectivity index (χ3n) is 2.57. The van der Waals surface area contributed by atoms with Crippen LogP contribution in [0.15, 0.2) is 0 Å². The maximum absolute atomic E-state index is 5.65. The maximum atomic E-state index is 5.65. The van der Waals surface area contributed by atoms with Gasteiger partial charge in [-0.3, -0.25) is 4.90 Å². The molecule has 0 aliphatic carbocycles. The first kappa shape index (κ1) is 9.01. The van der Waals surface area contributed by atoms with Gasteiger partial charge in [0.1, 0.15) is 0 Å². The molecule has 1 aliphatic heterocycles. The monoisotopic (exact) mass is 156 g/mol. The van der Waals surface area contributed by atoms with Gasteiger partial charge in [0, 0.05) is 12.6 Å². The second-order valence-electron chi connectivity index (χ2n) is 3.42. The molecule has 2 N–H and O–H groups in total. The SMILES string of the molecule is CCCCN1CCC[C@H]1CN. The molecule has 0 spiro atoms. The van der Waals surface area contributed by atoms with Crippen LogP contribution in [0.3, 0.4) is 0 Å². The lowest BCUT2D eigenvalue weighted by molar-refractivity contribution is 0.255. The van der Waals surface area contributed by atoms with Gasteiger partial charge >= 0.3 is 0 Å². The third-order valence-corrected chi connectivity index (χ3v) is 2.57. The zero-order valence-corrected chi connectivity index (χ0v) is 7.55. The Kier molecular flexibility index (Phi) is 3.87. The van der Waals surface area contributed by atoms with Gasteiger partial charge in [0.15, 0.2) is 0 Å². The van der Waals surface area contributed by atoms with Crippen LogP contribution in [0.5, 0.6) is 0 Å². The fourth-order valence-electron chi connectivity index (χ4n) is 1.82. The van der Waals surface area contributed by atoms with Crippen LogP contribution in [-0.2, 0) is 0 Å². The fourth-order valence-corrected chi connectivity index (χ4v) is 1.82. The minimum atomic E-state index is 0.696. The molecule has 0 bridgehead atoms. The van der Waals surface area contributed by atoms with E-state index in [9.17, 15) is 0 Å². The van der Waals surface area contributed by atoms with Crippen molar-refractivity contribution in [2.24, 2.45) is 5.73 Å². The van der Waals surface area contributed by atoms with Crippen LogP contribution in [0.25, 0.3) is 0 Å². The first-order valence-corrected chi connectivity index (χ1v) is 4.82. The molecule has 2 heteroatoms. The summed E-state index contributed by atoms with van der Waals surface area (Å²) in [6, 6.07) is 0.696. The van der Waals surface area contributed by atoms with E-state index in [1.807, 2.05) is 0 Å². The highest BCUT2D eigenvalue weighted by Gasteiger charge is 2.21. The van der Waals surface area contributed by atoms with Gasteiger partial charge in [0.05, 0.1) is 0 Å². The first-order valence-electron chi connectivity index (χ1n) is 4.82. The van der Waals surface area contributed by atoms with E-state index >= 15 is 0 Å². The van der Waals surface area contributed by atoms with Crippen molar-refractivity contribution in [3.05, 3.63) is 0 Å². The van der Waals surface area contributed by atoms with Gasteiger partial charge in [-0.25, -0.2) is 0 Å². The smallest absolute Gasteiger partial charge is 0.0218 e. The van der Waals surface area contributed by atoms with Gasteiger partial charge in [-0.05, 0) is 32.4 Å². The molecule has 0 radical (unpaired) electrons. The number of unbranched alkanes of at least 4 members (excludes halogenated alkanes) is 1. The average Bonchev–Trinajstić information content (AvgIpc) is 2.47. The van der Waals surface area contributed by atoms with Crippen molar-refractivity contribution in [3.8, 4) is 0 Å². The number of nitrogens with zero attached hydrogens (tertiary/aromatic N) is 1. The Hall–Kier alpha value is -0.0800. The Morgan fingerprint density at radius 1 is 1.55 bits per heavy atom. The first-order chi connectivity index (χ1) is 5.38. The van der Waals surface area contributed by atoms with Gasteiger partial charge in [-0.15, -0.1) is 0 Å². The Morgan fingerprint density at radius 2 is 2.36 bits per heavy atom. The summed E-state index contributed by atoms with van der Waals surface area (Å²) in [7, 11) is 0. The van der Waals surface area contributed by atoms with E-state index in [2.05, 4.69) is 11.8 Å². The summed E-state index contributed by atoms with van der Waals surface area (Å²) in [5, 5.41) is 0. The highest BCUT2D eigenvalue weighted by molar-refractivity contribution is 4.79. The molecule has 0 saturated carbocycles. The molecule has 1 aliphatic rings. The van der Waals surface area contributed by atoms with Crippen LogP contribution in [0, 0.1) is 0 Å². The van der Waals surface area contributed by atoms with E-state index < -0.39 is 0 Å². The topological polar surface area (TPSA) is 29.3 Å². The Morgan fingerprint density at radius 3 is 3.00 bits per heavy atom. The number of nitrogens with two attached hydrogens (primary N) is 1. The van der Waals surface area contributed by atoms with Gasteiger partial charge < -0.3 is 5.73 Å². The molecular weight excluding hydrogens is 136 g/mol. The zero-order valence-electron chi connectivity index (χ0n) is 7.55. The quantitative estimate of drug-likeness (QED) is 0.663. The largest absolute Gasteiger partial charge is 0.329 e. The number of hydrogen-bond donors (Lipinski definition) is 1. The second-order valence-corrected chi connectivity index (χ2v) is 3.42. The molecular formula is C9H20N2. The lowest BCUT2D eigenvalue weighted by atomic mass is 10.2. The molecule has 0 aromatic rings. The maximum Gasteiger partial charge on any atom is 0.0218 e. The van der Waals surface area contributed by atoms with Crippen LogP contribution in [0.4, 0.5) is 0 Å². The highest BCUT2D eigenvalue weighted by Crippen LogP contribution is 2.16. The van der Waals surface area contributed by atoms with E-state index in [1.54, 1.807) is 0 Å². The Balaban J connectivity index is 2.20. The van der Waals surface area contributed by atoms with Crippen molar-refractivity contribution in [3.63, 3.8) is 0 Å². The molecule has 1 saturated heterocycles. The molecule has 0 aromatic heterocycles. The van der Waals surface area contributed by atoms with Crippen LogP contribution >= 0.6 is 0 Å². The van der Waals surface area contributed by atoms with Crippen molar-refractivity contribution in [2.75, 3.05) is 19.6 Å².